The summed E-state index contributed by atoms with van der Waals surface area (Å²) in [7, 11) is 0. The summed E-state index contributed by atoms with van der Waals surface area (Å²) in [5, 5.41) is 0. The van der Waals surface area contributed by atoms with Crippen molar-refractivity contribution in [1.82, 2.24) is 9.97 Å². The third-order valence-electron chi connectivity index (χ3n) is 2.64. The summed E-state index contributed by atoms with van der Waals surface area (Å²) in [6.45, 7) is 3.88. The maximum atomic E-state index is 5.96. The van der Waals surface area contributed by atoms with Crippen molar-refractivity contribution < 1.29 is 0 Å². The Bertz CT molecular complexity index is 339. The molecule has 1 aromatic rings. The lowest BCUT2D eigenvalue weighted by molar-refractivity contribution is 0.504. The molecule has 2 N–H and O–H groups in total. The van der Waals surface area contributed by atoms with Gasteiger partial charge in [0.25, 0.3) is 0 Å². The third kappa shape index (κ3) is 1.77. The summed E-state index contributed by atoms with van der Waals surface area (Å²) in [4.78, 5) is 8.88. The quantitative estimate of drug-likeness (QED) is 0.732. The number of aromatic nitrogens is 2. The Morgan fingerprint density at radius 3 is 2.71 bits per heavy atom. The summed E-state index contributed by atoms with van der Waals surface area (Å²) in [5.74, 6) is 0.762. The zero-order valence-corrected chi connectivity index (χ0v) is 8.88. The highest BCUT2D eigenvalue weighted by atomic mass is 15.0. The predicted octanol–water partition coefficient (Wildman–Crippen LogP) is 1.55. The van der Waals surface area contributed by atoms with Crippen LogP contribution in [0.2, 0.25) is 0 Å². The molecule has 0 saturated carbocycles. The minimum Gasteiger partial charge on any atom is -0.319 e. The van der Waals surface area contributed by atoms with Crippen molar-refractivity contribution in [3.63, 3.8) is 0 Å². The lowest BCUT2D eigenvalue weighted by atomic mass is 9.96. The number of nitrogens with zero attached hydrogens (tertiary/aromatic N) is 2. The van der Waals surface area contributed by atoms with E-state index in [4.69, 9.17) is 5.73 Å². The number of fused-ring (bicyclic) bond motifs is 1. The van der Waals surface area contributed by atoms with Crippen LogP contribution in [0.1, 0.15) is 43.8 Å². The molecule has 1 aliphatic rings. The first-order valence-electron chi connectivity index (χ1n) is 5.21. The fourth-order valence-corrected chi connectivity index (χ4v) is 1.79. The first-order chi connectivity index (χ1) is 6.57. The van der Waals surface area contributed by atoms with Gasteiger partial charge in [0.2, 0.25) is 0 Å². The second-order valence-electron chi connectivity index (χ2n) is 4.59. The Morgan fingerprint density at radius 2 is 2.00 bits per heavy atom. The van der Waals surface area contributed by atoms with Crippen molar-refractivity contribution in [2.45, 2.75) is 45.1 Å². The molecule has 1 aliphatic carbocycles. The lowest BCUT2D eigenvalue weighted by Gasteiger charge is -2.20. The third-order valence-corrected chi connectivity index (χ3v) is 2.64. The molecule has 1 heterocycles. The van der Waals surface area contributed by atoms with Crippen LogP contribution >= 0.6 is 0 Å². The normalized spacial score (nSPS) is 16.5. The Balaban J connectivity index is 2.39. The average Bonchev–Trinajstić information content (AvgIpc) is 2.16. The molecule has 1 aromatic heterocycles. The summed E-state index contributed by atoms with van der Waals surface area (Å²) in [6.07, 6.45) is 6.67. The Morgan fingerprint density at radius 1 is 1.29 bits per heavy atom. The van der Waals surface area contributed by atoms with Gasteiger partial charge in [0, 0.05) is 11.9 Å². The first-order valence-corrected chi connectivity index (χ1v) is 5.21. The van der Waals surface area contributed by atoms with Crippen LogP contribution in [0.25, 0.3) is 0 Å². The lowest BCUT2D eigenvalue weighted by Crippen LogP contribution is -2.32. The fraction of sp³-hybridized carbons (Fsp3) is 0.636. The maximum absolute atomic E-state index is 5.96. The van der Waals surface area contributed by atoms with E-state index in [9.17, 15) is 0 Å². The van der Waals surface area contributed by atoms with Crippen molar-refractivity contribution >= 4 is 0 Å². The summed E-state index contributed by atoms with van der Waals surface area (Å²) in [5.41, 5.74) is 8.06. The molecular formula is C11H17N3. The van der Waals surface area contributed by atoms with Crippen LogP contribution in [-0.2, 0) is 18.4 Å². The van der Waals surface area contributed by atoms with E-state index in [1.807, 2.05) is 20.0 Å². The number of aryl methyl sites for hydroxylation is 2. The van der Waals surface area contributed by atoms with Crippen molar-refractivity contribution in [2.75, 3.05) is 0 Å². The van der Waals surface area contributed by atoms with Crippen molar-refractivity contribution in [3.05, 3.63) is 23.3 Å². The van der Waals surface area contributed by atoms with E-state index in [2.05, 4.69) is 9.97 Å². The van der Waals surface area contributed by atoms with Crippen LogP contribution in [0, 0.1) is 0 Å². The Labute approximate surface area is 84.8 Å². The molecule has 0 atom stereocenters. The number of rotatable bonds is 1. The summed E-state index contributed by atoms with van der Waals surface area (Å²) < 4.78 is 0. The number of hydrogen-bond acceptors (Lipinski definition) is 3. The molecule has 2 rings (SSSR count). The largest absolute Gasteiger partial charge is 0.319 e. The van der Waals surface area contributed by atoms with Gasteiger partial charge in [-0.05, 0) is 45.1 Å². The topological polar surface area (TPSA) is 51.8 Å². The van der Waals surface area contributed by atoms with Crippen molar-refractivity contribution in [1.29, 1.82) is 0 Å². The van der Waals surface area contributed by atoms with Crippen LogP contribution in [0.4, 0.5) is 0 Å². The molecule has 0 radical (unpaired) electrons. The van der Waals surface area contributed by atoms with Crippen LogP contribution < -0.4 is 5.73 Å². The van der Waals surface area contributed by atoms with Crippen LogP contribution in [-0.4, -0.2) is 9.97 Å². The highest BCUT2D eigenvalue weighted by Crippen LogP contribution is 2.20. The van der Waals surface area contributed by atoms with Crippen LogP contribution in [0.15, 0.2) is 6.20 Å². The molecule has 0 fully saturated rings. The van der Waals surface area contributed by atoms with Crippen LogP contribution in [0.3, 0.4) is 0 Å². The van der Waals surface area contributed by atoms with Gasteiger partial charge in [-0.25, -0.2) is 9.97 Å². The highest BCUT2D eigenvalue weighted by Gasteiger charge is 2.20. The molecule has 0 amide bonds. The smallest absolute Gasteiger partial charge is 0.147 e. The number of hydrogen-bond donors (Lipinski definition) is 1. The van der Waals surface area contributed by atoms with E-state index in [1.165, 1.54) is 24.1 Å². The highest BCUT2D eigenvalue weighted by molar-refractivity contribution is 5.21. The molecule has 76 valence electrons. The number of nitrogens with two attached hydrogens (primary N) is 1. The van der Waals surface area contributed by atoms with E-state index in [-0.39, 0.29) is 0 Å². The molecule has 3 nitrogen and oxygen atoms in total. The van der Waals surface area contributed by atoms with Gasteiger partial charge >= 0.3 is 0 Å². The molecular weight excluding hydrogens is 174 g/mol. The SMILES string of the molecule is CC(C)(N)c1ncc2c(n1)CCCC2. The molecule has 0 bridgehead atoms. The molecule has 0 saturated heterocycles. The van der Waals surface area contributed by atoms with Gasteiger partial charge in [0.1, 0.15) is 5.82 Å². The fourth-order valence-electron chi connectivity index (χ4n) is 1.79. The van der Waals surface area contributed by atoms with Gasteiger partial charge in [-0.3, -0.25) is 0 Å². The van der Waals surface area contributed by atoms with Crippen molar-refractivity contribution in [2.24, 2.45) is 5.73 Å². The van der Waals surface area contributed by atoms with E-state index < -0.39 is 5.54 Å². The maximum Gasteiger partial charge on any atom is 0.147 e. The van der Waals surface area contributed by atoms with Crippen LogP contribution in [0.5, 0.6) is 0 Å². The van der Waals surface area contributed by atoms with Gasteiger partial charge < -0.3 is 5.73 Å². The standard InChI is InChI=1S/C11H17N3/c1-11(2,12)10-13-7-8-5-3-4-6-9(8)14-10/h7H,3-6,12H2,1-2H3. The minimum absolute atomic E-state index is 0.424. The van der Waals surface area contributed by atoms with Crippen molar-refractivity contribution in [3.8, 4) is 0 Å². The molecule has 0 spiro atoms. The summed E-state index contributed by atoms with van der Waals surface area (Å²) >= 11 is 0. The van der Waals surface area contributed by atoms with E-state index in [0.717, 1.165) is 18.7 Å². The van der Waals surface area contributed by atoms with Gasteiger partial charge in [-0.15, -0.1) is 0 Å². The monoisotopic (exact) mass is 191 g/mol. The second kappa shape index (κ2) is 3.31. The first kappa shape index (κ1) is 9.59. The Hall–Kier alpha value is -0.960. The minimum atomic E-state index is -0.424. The van der Waals surface area contributed by atoms with Gasteiger partial charge in [-0.1, -0.05) is 0 Å². The zero-order chi connectivity index (χ0) is 10.2. The predicted molar refractivity (Wildman–Crippen MR) is 55.9 cm³/mol. The van der Waals surface area contributed by atoms with Gasteiger partial charge in [-0.2, -0.15) is 0 Å². The van der Waals surface area contributed by atoms with Gasteiger partial charge in [0.15, 0.2) is 0 Å². The van der Waals surface area contributed by atoms with Gasteiger partial charge in [0.05, 0.1) is 5.54 Å². The Kier molecular flexibility index (Phi) is 2.27. The molecule has 0 aliphatic heterocycles. The second-order valence-corrected chi connectivity index (χ2v) is 4.59. The molecule has 0 unspecified atom stereocenters. The molecule has 14 heavy (non-hydrogen) atoms. The van der Waals surface area contributed by atoms with E-state index in [0.29, 0.717) is 0 Å². The zero-order valence-electron chi connectivity index (χ0n) is 8.88. The molecule has 3 heteroatoms. The average molecular weight is 191 g/mol. The summed E-state index contributed by atoms with van der Waals surface area (Å²) in [6, 6.07) is 0. The van der Waals surface area contributed by atoms with E-state index >= 15 is 0 Å². The van der Waals surface area contributed by atoms with E-state index in [1.54, 1.807) is 0 Å². The molecule has 0 aromatic carbocycles.